The van der Waals surface area contributed by atoms with Crippen LogP contribution in [0.4, 0.5) is 10.1 Å². The lowest BCUT2D eigenvalue weighted by atomic mass is 10.2. The lowest BCUT2D eigenvalue weighted by Crippen LogP contribution is -2.13. The first-order valence-electron chi connectivity index (χ1n) is 5.86. The van der Waals surface area contributed by atoms with Crippen LogP contribution >= 0.6 is 11.6 Å². The molecule has 0 bridgehead atoms. The fourth-order valence-electron chi connectivity index (χ4n) is 1.73. The molecule has 1 aromatic carbocycles. The Morgan fingerprint density at radius 2 is 2.21 bits per heavy atom. The number of hydrogen-bond acceptors (Lipinski definition) is 3. The highest BCUT2D eigenvalue weighted by Crippen LogP contribution is 2.40. The van der Waals surface area contributed by atoms with Gasteiger partial charge in [-0.3, -0.25) is 4.79 Å². The fourth-order valence-corrected chi connectivity index (χ4v) is 1.89. The molecule has 1 heterocycles. The molecule has 0 radical (unpaired) electrons. The van der Waals surface area contributed by atoms with Gasteiger partial charge >= 0.3 is 0 Å². The van der Waals surface area contributed by atoms with E-state index in [9.17, 15) is 9.18 Å². The predicted octanol–water partition coefficient (Wildman–Crippen LogP) is 3.60. The molecule has 0 aliphatic heterocycles. The summed E-state index contributed by atoms with van der Waals surface area (Å²) in [6, 6.07) is 5.63. The van der Waals surface area contributed by atoms with Crippen molar-refractivity contribution in [2.75, 3.05) is 5.32 Å². The maximum absolute atomic E-state index is 13.5. The maximum atomic E-state index is 13.5. The number of nitrogens with one attached hydrogen (secondary N) is 1. The van der Waals surface area contributed by atoms with E-state index in [1.807, 2.05) is 0 Å². The van der Waals surface area contributed by atoms with E-state index in [2.05, 4.69) is 10.5 Å². The van der Waals surface area contributed by atoms with Crippen LogP contribution in [0.2, 0.25) is 5.02 Å². The number of halogens is 2. The average molecular weight is 281 g/mol. The largest absolute Gasteiger partial charge is 0.360 e. The van der Waals surface area contributed by atoms with Crippen molar-refractivity contribution in [3.05, 3.63) is 46.6 Å². The van der Waals surface area contributed by atoms with Crippen LogP contribution in [0, 0.1) is 5.82 Å². The van der Waals surface area contributed by atoms with Gasteiger partial charge in [-0.25, -0.2) is 4.39 Å². The van der Waals surface area contributed by atoms with Gasteiger partial charge in [0, 0.05) is 17.0 Å². The minimum atomic E-state index is -0.591. The van der Waals surface area contributed by atoms with Gasteiger partial charge in [-0.15, -0.1) is 0 Å². The van der Waals surface area contributed by atoms with E-state index in [4.69, 9.17) is 16.1 Å². The molecule has 0 saturated heterocycles. The summed E-state index contributed by atoms with van der Waals surface area (Å²) in [5.74, 6) is -0.00770. The zero-order valence-corrected chi connectivity index (χ0v) is 10.6. The highest BCUT2D eigenvalue weighted by atomic mass is 35.5. The Bertz CT molecular complexity index is 637. The molecule has 1 amide bonds. The predicted molar refractivity (Wildman–Crippen MR) is 67.8 cm³/mol. The molecule has 3 rings (SSSR count). The van der Waals surface area contributed by atoms with Gasteiger partial charge in [0.25, 0.3) is 5.91 Å². The summed E-state index contributed by atoms with van der Waals surface area (Å²) in [4.78, 5) is 11.9. The van der Waals surface area contributed by atoms with Crippen molar-refractivity contribution < 1.29 is 13.7 Å². The van der Waals surface area contributed by atoms with E-state index >= 15 is 0 Å². The van der Waals surface area contributed by atoms with Crippen LogP contribution in [-0.4, -0.2) is 11.1 Å². The molecular weight excluding hydrogens is 271 g/mol. The molecule has 0 atom stereocenters. The van der Waals surface area contributed by atoms with Crippen molar-refractivity contribution in [1.82, 2.24) is 5.16 Å². The summed E-state index contributed by atoms with van der Waals surface area (Å²) in [5.41, 5.74) is 0.210. The van der Waals surface area contributed by atoms with Crippen LogP contribution in [0.3, 0.4) is 0 Å². The number of rotatable bonds is 3. The standard InChI is InChI=1S/C13H10ClFN2O2/c14-8-3-4-10(9(15)5-8)16-13(18)11-6-12(19-17-11)7-1-2-7/h3-7H,1-2H2,(H,16,18). The monoisotopic (exact) mass is 280 g/mol. The minimum Gasteiger partial charge on any atom is -0.360 e. The van der Waals surface area contributed by atoms with Crippen molar-refractivity contribution in [2.45, 2.75) is 18.8 Å². The van der Waals surface area contributed by atoms with Crippen LogP contribution in [0.5, 0.6) is 0 Å². The smallest absolute Gasteiger partial charge is 0.277 e. The van der Waals surface area contributed by atoms with Gasteiger partial charge in [0.1, 0.15) is 11.6 Å². The van der Waals surface area contributed by atoms with Gasteiger partial charge in [0.05, 0.1) is 5.69 Å². The topological polar surface area (TPSA) is 55.1 Å². The fraction of sp³-hybridized carbons (Fsp3) is 0.231. The Labute approximate surface area is 113 Å². The third-order valence-corrected chi connectivity index (χ3v) is 3.16. The second-order valence-electron chi connectivity index (χ2n) is 4.47. The number of carbonyl (C=O) groups excluding carboxylic acids is 1. The van der Waals surface area contributed by atoms with Crippen molar-refractivity contribution in [2.24, 2.45) is 0 Å². The number of carbonyl (C=O) groups is 1. The minimum absolute atomic E-state index is 0.0605. The number of anilines is 1. The van der Waals surface area contributed by atoms with Gasteiger partial charge in [0.2, 0.25) is 0 Å². The van der Waals surface area contributed by atoms with Crippen LogP contribution in [0.15, 0.2) is 28.8 Å². The zero-order valence-electron chi connectivity index (χ0n) is 9.82. The van der Waals surface area contributed by atoms with Crippen molar-refractivity contribution in [3.63, 3.8) is 0 Å². The molecule has 0 spiro atoms. The molecule has 1 saturated carbocycles. The third-order valence-electron chi connectivity index (χ3n) is 2.92. The molecular formula is C13H10ClFN2O2. The summed E-state index contributed by atoms with van der Waals surface area (Å²) >= 11 is 5.64. The van der Waals surface area contributed by atoms with Crippen LogP contribution in [0.25, 0.3) is 0 Å². The van der Waals surface area contributed by atoms with Crippen molar-refractivity contribution >= 4 is 23.2 Å². The van der Waals surface area contributed by atoms with Crippen molar-refractivity contribution in [1.29, 1.82) is 0 Å². The highest BCUT2D eigenvalue weighted by molar-refractivity contribution is 6.30. The average Bonchev–Trinajstić information content (AvgIpc) is 3.10. The highest BCUT2D eigenvalue weighted by Gasteiger charge is 2.29. The van der Waals surface area contributed by atoms with Gasteiger partial charge in [0.15, 0.2) is 5.69 Å². The molecule has 1 aromatic heterocycles. The van der Waals surface area contributed by atoms with Gasteiger partial charge in [-0.05, 0) is 31.0 Å². The molecule has 19 heavy (non-hydrogen) atoms. The molecule has 0 unspecified atom stereocenters. The Kier molecular flexibility index (Phi) is 2.98. The van der Waals surface area contributed by atoms with Crippen molar-refractivity contribution in [3.8, 4) is 0 Å². The number of nitrogens with zero attached hydrogens (tertiary/aromatic N) is 1. The van der Waals surface area contributed by atoms with E-state index in [0.29, 0.717) is 11.7 Å². The molecule has 1 fully saturated rings. The quantitative estimate of drug-likeness (QED) is 0.934. The molecule has 1 aliphatic rings. The van der Waals surface area contributed by atoms with Gasteiger partial charge in [-0.1, -0.05) is 16.8 Å². The van der Waals surface area contributed by atoms with Crippen LogP contribution < -0.4 is 5.32 Å². The normalized spacial score (nSPS) is 14.4. The van der Waals surface area contributed by atoms with Crippen LogP contribution in [-0.2, 0) is 0 Å². The Balaban J connectivity index is 1.76. The number of aromatic nitrogens is 1. The Morgan fingerprint density at radius 1 is 1.42 bits per heavy atom. The Hall–Kier alpha value is -1.88. The molecule has 4 nitrogen and oxygen atoms in total. The summed E-state index contributed by atoms with van der Waals surface area (Å²) in [5, 5.41) is 6.39. The molecule has 1 N–H and O–H groups in total. The summed E-state index contributed by atoms with van der Waals surface area (Å²) in [6.07, 6.45) is 2.12. The molecule has 6 heteroatoms. The second-order valence-corrected chi connectivity index (χ2v) is 4.90. The summed E-state index contributed by atoms with van der Waals surface area (Å²) in [7, 11) is 0. The zero-order chi connectivity index (χ0) is 13.4. The lowest BCUT2D eigenvalue weighted by Gasteiger charge is -2.04. The summed E-state index contributed by atoms with van der Waals surface area (Å²) < 4.78 is 18.6. The van der Waals surface area contributed by atoms with Gasteiger partial charge < -0.3 is 9.84 Å². The summed E-state index contributed by atoms with van der Waals surface area (Å²) in [6.45, 7) is 0. The van der Waals surface area contributed by atoms with E-state index < -0.39 is 11.7 Å². The van der Waals surface area contributed by atoms with Crippen LogP contribution in [0.1, 0.15) is 35.0 Å². The first-order valence-corrected chi connectivity index (χ1v) is 6.24. The first kappa shape index (κ1) is 12.2. The second kappa shape index (κ2) is 4.66. The van der Waals surface area contributed by atoms with Gasteiger partial charge in [-0.2, -0.15) is 0 Å². The van der Waals surface area contributed by atoms with E-state index in [-0.39, 0.29) is 16.4 Å². The molecule has 1 aliphatic carbocycles. The van der Waals surface area contributed by atoms with E-state index in [1.165, 1.54) is 12.1 Å². The lowest BCUT2D eigenvalue weighted by molar-refractivity contribution is 0.101. The number of hydrogen-bond donors (Lipinski definition) is 1. The Morgan fingerprint density at radius 3 is 2.89 bits per heavy atom. The van der Waals surface area contributed by atoms with E-state index in [1.54, 1.807) is 6.07 Å². The number of benzene rings is 1. The third kappa shape index (κ3) is 2.61. The molecule has 98 valence electrons. The molecule has 2 aromatic rings. The first-order chi connectivity index (χ1) is 9.13. The van der Waals surface area contributed by atoms with E-state index in [0.717, 1.165) is 18.9 Å². The maximum Gasteiger partial charge on any atom is 0.277 e. The number of amides is 1. The SMILES string of the molecule is O=C(Nc1ccc(Cl)cc1F)c1cc(C2CC2)on1.